The summed E-state index contributed by atoms with van der Waals surface area (Å²) in [4.78, 5) is 11.9. The topological polar surface area (TPSA) is 114 Å². The van der Waals surface area contributed by atoms with E-state index in [4.69, 9.17) is 4.74 Å². The summed E-state index contributed by atoms with van der Waals surface area (Å²) in [6.07, 6.45) is -3.61. The van der Waals surface area contributed by atoms with Gasteiger partial charge in [-0.05, 0) is 43.9 Å². The molecule has 1 N–H and O–H groups in total. The van der Waals surface area contributed by atoms with Crippen LogP contribution in [0.4, 0.5) is 13.2 Å². The van der Waals surface area contributed by atoms with Crippen molar-refractivity contribution < 1.29 is 31.1 Å². The van der Waals surface area contributed by atoms with Gasteiger partial charge in [-0.3, -0.25) is 9.48 Å². The molecular formula is C22H23F3N4O4S. The van der Waals surface area contributed by atoms with Crippen LogP contribution in [0.15, 0.2) is 35.4 Å². The van der Waals surface area contributed by atoms with Gasteiger partial charge in [-0.25, -0.2) is 8.42 Å². The van der Waals surface area contributed by atoms with E-state index in [2.05, 4.69) is 10.4 Å². The van der Waals surface area contributed by atoms with Crippen LogP contribution in [-0.2, 0) is 32.6 Å². The summed E-state index contributed by atoms with van der Waals surface area (Å²) in [5.41, 5.74) is -1.64. The number of alkyl halides is 3. The largest absolute Gasteiger partial charge is 0.417 e. The van der Waals surface area contributed by atoms with Crippen LogP contribution in [0.3, 0.4) is 0 Å². The predicted molar refractivity (Wildman–Crippen MR) is 114 cm³/mol. The molecule has 2 aliphatic carbocycles. The third kappa shape index (κ3) is 4.30. The average Bonchev–Trinajstić information content (AvgIpc) is 3.19. The number of rotatable bonds is 6. The van der Waals surface area contributed by atoms with Crippen LogP contribution in [0, 0.1) is 17.2 Å². The fourth-order valence-electron chi connectivity index (χ4n) is 4.46. The first-order valence-corrected chi connectivity index (χ1v) is 12.2. The number of amides is 1. The molecule has 12 heteroatoms. The number of hydrogen-bond donors (Lipinski definition) is 1. The van der Waals surface area contributed by atoms with Gasteiger partial charge in [-0.15, -0.1) is 0 Å². The molecule has 0 radical (unpaired) electrons. The molecule has 0 spiro atoms. The molecule has 0 bridgehead atoms. The number of aromatic nitrogens is 2. The molecule has 0 aliphatic heterocycles. The lowest BCUT2D eigenvalue weighted by Crippen LogP contribution is -2.42. The Hall–Kier alpha value is -2.91. The molecule has 3 atom stereocenters. The monoisotopic (exact) mass is 496 g/mol. The molecule has 182 valence electrons. The maximum Gasteiger partial charge on any atom is 0.417 e. The quantitative estimate of drug-likeness (QED) is 0.658. The number of hydrogen-bond acceptors (Lipinski definition) is 6. The summed E-state index contributed by atoms with van der Waals surface area (Å²) in [6.45, 7) is 0. The van der Waals surface area contributed by atoms with E-state index in [-0.39, 0.29) is 18.4 Å². The van der Waals surface area contributed by atoms with Crippen LogP contribution < -0.4 is 5.32 Å². The van der Waals surface area contributed by atoms with E-state index in [1.807, 2.05) is 6.07 Å². The predicted octanol–water partition coefficient (Wildman–Crippen LogP) is 2.85. The highest BCUT2D eigenvalue weighted by Crippen LogP contribution is 2.43. The second-order valence-electron chi connectivity index (χ2n) is 8.75. The van der Waals surface area contributed by atoms with Gasteiger partial charge in [0.05, 0.1) is 39.5 Å². The Labute approximate surface area is 194 Å². The number of ether oxygens (including phenoxy) is 1. The van der Waals surface area contributed by atoms with Crippen molar-refractivity contribution in [2.24, 2.45) is 13.0 Å². The second kappa shape index (κ2) is 8.39. The van der Waals surface area contributed by atoms with Crippen LogP contribution in [0.2, 0.25) is 0 Å². The van der Waals surface area contributed by atoms with Gasteiger partial charge in [0.15, 0.2) is 9.84 Å². The van der Waals surface area contributed by atoms with Gasteiger partial charge in [0, 0.05) is 25.9 Å². The smallest absolute Gasteiger partial charge is 0.381 e. The number of nitrogens with one attached hydrogen (secondary N) is 1. The number of carbonyl (C=O) groups excluding carboxylic acids is 1. The summed E-state index contributed by atoms with van der Waals surface area (Å²) in [7, 11) is -1.57. The number of halogens is 3. The zero-order valence-corrected chi connectivity index (χ0v) is 19.3. The van der Waals surface area contributed by atoms with E-state index < -0.39 is 55.2 Å². The average molecular weight is 497 g/mol. The molecule has 34 heavy (non-hydrogen) atoms. The van der Waals surface area contributed by atoms with Crippen molar-refractivity contribution in [3.05, 3.63) is 36.0 Å². The number of methoxy groups -OCH3 is 1. The lowest BCUT2D eigenvalue weighted by molar-refractivity contribution is -0.139. The Morgan fingerprint density at radius 1 is 1.29 bits per heavy atom. The Balaban J connectivity index is 1.67. The normalized spacial score (nSPS) is 23.9. The summed E-state index contributed by atoms with van der Waals surface area (Å²) in [5.74, 6) is -1.41. The zero-order valence-electron chi connectivity index (χ0n) is 18.5. The molecule has 2 saturated carbocycles. The first kappa shape index (κ1) is 24.2. The lowest BCUT2D eigenvalue weighted by Gasteiger charge is -2.19. The Morgan fingerprint density at radius 3 is 2.53 bits per heavy atom. The zero-order chi connectivity index (χ0) is 24.9. The van der Waals surface area contributed by atoms with Gasteiger partial charge < -0.3 is 10.1 Å². The Morgan fingerprint density at radius 2 is 2.00 bits per heavy atom. The summed E-state index contributed by atoms with van der Waals surface area (Å²) in [5, 5.41) is 14.5. The van der Waals surface area contributed by atoms with Gasteiger partial charge in [-0.2, -0.15) is 23.5 Å². The van der Waals surface area contributed by atoms with E-state index >= 15 is 0 Å². The molecular weight excluding hydrogens is 473 g/mol. The number of sulfone groups is 1. The molecule has 1 aromatic carbocycles. The number of benzene rings is 1. The Bertz CT molecular complexity index is 1260. The molecule has 4 rings (SSSR count). The van der Waals surface area contributed by atoms with Crippen molar-refractivity contribution in [1.29, 1.82) is 5.26 Å². The lowest BCUT2D eigenvalue weighted by atomic mass is 10.0. The molecule has 2 fully saturated rings. The van der Waals surface area contributed by atoms with E-state index in [1.54, 1.807) is 7.05 Å². The molecule has 1 amide bonds. The third-order valence-corrected chi connectivity index (χ3v) is 8.81. The second-order valence-corrected chi connectivity index (χ2v) is 10.9. The molecule has 1 aromatic heterocycles. The minimum absolute atomic E-state index is 0.128. The van der Waals surface area contributed by atoms with Gasteiger partial charge in [0.1, 0.15) is 5.54 Å². The molecule has 2 aromatic rings. The fraction of sp³-hybridized carbons (Fsp3) is 0.500. The van der Waals surface area contributed by atoms with Crippen molar-refractivity contribution in [2.75, 3.05) is 7.11 Å². The molecule has 8 nitrogen and oxygen atoms in total. The highest BCUT2D eigenvalue weighted by molar-refractivity contribution is 7.92. The number of nitrogens with zero attached hydrogens (tertiary/aromatic N) is 3. The van der Waals surface area contributed by atoms with Gasteiger partial charge >= 0.3 is 6.18 Å². The summed E-state index contributed by atoms with van der Waals surface area (Å²) in [6, 6.07) is 6.64. The fourth-order valence-corrected chi connectivity index (χ4v) is 6.46. The van der Waals surface area contributed by atoms with Crippen molar-refractivity contribution in [3.63, 3.8) is 0 Å². The minimum atomic E-state index is -4.92. The first-order chi connectivity index (χ1) is 15.9. The maximum absolute atomic E-state index is 14.0. The van der Waals surface area contributed by atoms with Crippen LogP contribution >= 0.6 is 0 Å². The SMILES string of the molecule is CO[C@@H]1C[C@H](S(=O)(=O)c2ccc(-c3ccnn3C)cc2C(F)(F)F)C[C@H]1C(=O)NC1(C#N)CC1. The van der Waals surface area contributed by atoms with Crippen molar-refractivity contribution in [1.82, 2.24) is 15.1 Å². The summed E-state index contributed by atoms with van der Waals surface area (Å²) < 4.78 is 75.4. The molecule has 2 aliphatic rings. The van der Waals surface area contributed by atoms with Crippen molar-refractivity contribution in [2.45, 2.75) is 53.6 Å². The van der Waals surface area contributed by atoms with E-state index in [1.165, 1.54) is 30.1 Å². The van der Waals surface area contributed by atoms with Crippen LogP contribution in [0.5, 0.6) is 0 Å². The number of aryl methyl sites for hydroxylation is 1. The van der Waals surface area contributed by atoms with Crippen molar-refractivity contribution in [3.8, 4) is 17.3 Å². The van der Waals surface area contributed by atoms with E-state index in [0.29, 0.717) is 18.5 Å². The van der Waals surface area contributed by atoms with Crippen LogP contribution in [0.25, 0.3) is 11.3 Å². The first-order valence-electron chi connectivity index (χ1n) is 10.6. The number of nitriles is 1. The highest BCUT2D eigenvalue weighted by Gasteiger charge is 2.51. The maximum atomic E-state index is 14.0. The Kier molecular flexibility index (Phi) is 5.98. The van der Waals surface area contributed by atoms with Crippen LogP contribution in [0.1, 0.15) is 31.2 Å². The molecule has 1 heterocycles. The van der Waals surface area contributed by atoms with E-state index in [0.717, 1.165) is 12.1 Å². The van der Waals surface area contributed by atoms with Crippen molar-refractivity contribution >= 4 is 15.7 Å². The van der Waals surface area contributed by atoms with Gasteiger partial charge in [0.2, 0.25) is 5.91 Å². The van der Waals surface area contributed by atoms with Gasteiger partial charge in [0.25, 0.3) is 0 Å². The molecule has 0 unspecified atom stereocenters. The van der Waals surface area contributed by atoms with Gasteiger partial charge in [-0.1, -0.05) is 6.07 Å². The summed E-state index contributed by atoms with van der Waals surface area (Å²) >= 11 is 0. The minimum Gasteiger partial charge on any atom is -0.381 e. The van der Waals surface area contributed by atoms with E-state index in [9.17, 15) is 31.6 Å². The number of carbonyl (C=O) groups is 1. The standard InChI is InChI=1S/C22H23F3N4O4S/c1-29-17(5-8-27-29)13-3-4-19(16(9-13)22(23,24)25)34(31,32)14-10-15(18(11-14)33-2)20(30)28-21(12-26)6-7-21/h3-5,8-9,14-15,18H,6-7,10-11H2,1-2H3,(H,28,30)/t14-,15-,18-/m1/s1. The highest BCUT2D eigenvalue weighted by atomic mass is 32.2. The van der Waals surface area contributed by atoms with Crippen LogP contribution in [-0.4, -0.2) is 48.1 Å². The molecule has 0 saturated heterocycles. The third-order valence-electron chi connectivity index (χ3n) is 6.57.